The van der Waals surface area contributed by atoms with E-state index >= 15 is 0 Å². The smallest absolute Gasteiger partial charge is 0.0228 e. The Balaban J connectivity index is 4.66. The zero-order valence-corrected chi connectivity index (χ0v) is 11.8. The number of hydrogen-bond acceptors (Lipinski definition) is 0. The summed E-state index contributed by atoms with van der Waals surface area (Å²) in [6, 6.07) is 0. The Morgan fingerprint density at radius 1 is 1.19 bits per heavy atom. The third-order valence-electron chi connectivity index (χ3n) is 3.44. The van der Waals surface area contributed by atoms with Crippen molar-refractivity contribution >= 4 is 0 Å². The first-order valence-corrected chi connectivity index (χ1v) is 6.54. The van der Waals surface area contributed by atoms with Crippen molar-refractivity contribution in [3.8, 4) is 0 Å². The molecule has 16 heavy (non-hydrogen) atoms. The molecule has 0 saturated carbocycles. The summed E-state index contributed by atoms with van der Waals surface area (Å²) >= 11 is 0. The molecular formula is C16H28. The van der Waals surface area contributed by atoms with Crippen LogP contribution in [0.15, 0.2) is 35.5 Å². The first-order valence-electron chi connectivity index (χ1n) is 6.54. The number of hydrogen-bond donors (Lipinski definition) is 0. The van der Waals surface area contributed by atoms with Crippen molar-refractivity contribution in [1.82, 2.24) is 0 Å². The van der Waals surface area contributed by atoms with Crippen LogP contribution in [0.1, 0.15) is 60.3 Å². The van der Waals surface area contributed by atoms with Crippen LogP contribution < -0.4 is 0 Å². The Morgan fingerprint density at radius 2 is 1.81 bits per heavy atom. The number of rotatable bonds is 7. The lowest BCUT2D eigenvalue weighted by Gasteiger charge is -2.13. The highest BCUT2D eigenvalue weighted by Gasteiger charge is 2.04. The Labute approximate surface area is 102 Å². The van der Waals surface area contributed by atoms with Crippen LogP contribution in [-0.2, 0) is 0 Å². The monoisotopic (exact) mass is 220 g/mol. The van der Waals surface area contributed by atoms with Crippen molar-refractivity contribution in [2.75, 3.05) is 0 Å². The van der Waals surface area contributed by atoms with Gasteiger partial charge in [0.05, 0.1) is 0 Å². The highest BCUT2D eigenvalue weighted by Crippen LogP contribution is 2.21. The van der Waals surface area contributed by atoms with E-state index in [9.17, 15) is 0 Å². The topological polar surface area (TPSA) is 0 Å². The molecule has 0 nitrogen and oxygen atoms in total. The van der Waals surface area contributed by atoms with Crippen molar-refractivity contribution in [3.05, 3.63) is 35.5 Å². The summed E-state index contributed by atoms with van der Waals surface area (Å²) < 4.78 is 0. The summed E-state index contributed by atoms with van der Waals surface area (Å²) in [4.78, 5) is 0. The standard InChI is InChI=1S/C16H28/c1-7-10-11-14(5)15(6)12-16(9-3)13(4)8-2/h7,12,14H,1,8-11H2,2-6H3. The molecule has 0 fully saturated rings. The minimum Gasteiger partial charge on any atom is -0.103 e. The predicted octanol–water partition coefficient (Wildman–Crippen LogP) is 5.67. The molecule has 92 valence electrons. The van der Waals surface area contributed by atoms with Gasteiger partial charge in [-0.2, -0.15) is 0 Å². The van der Waals surface area contributed by atoms with Crippen LogP contribution in [0.5, 0.6) is 0 Å². The molecule has 0 aromatic carbocycles. The van der Waals surface area contributed by atoms with Crippen LogP contribution in [-0.4, -0.2) is 0 Å². The lowest BCUT2D eigenvalue weighted by Crippen LogP contribution is -1.97. The Hall–Kier alpha value is -0.780. The third kappa shape index (κ3) is 5.34. The molecule has 0 aliphatic rings. The van der Waals surface area contributed by atoms with Crippen LogP contribution in [0.3, 0.4) is 0 Å². The van der Waals surface area contributed by atoms with E-state index in [0.29, 0.717) is 5.92 Å². The second-order valence-electron chi connectivity index (χ2n) is 4.67. The van der Waals surface area contributed by atoms with E-state index < -0.39 is 0 Å². The van der Waals surface area contributed by atoms with Crippen molar-refractivity contribution < 1.29 is 0 Å². The maximum atomic E-state index is 3.78. The molecule has 0 saturated heterocycles. The lowest BCUT2D eigenvalue weighted by atomic mass is 9.93. The van der Waals surface area contributed by atoms with Crippen molar-refractivity contribution in [1.29, 1.82) is 0 Å². The van der Waals surface area contributed by atoms with Gasteiger partial charge in [0.25, 0.3) is 0 Å². The molecule has 0 heterocycles. The van der Waals surface area contributed by atoms with E-state index in [-0.39, 0.29) is 0 Å². The quantitative estimate of drug-likeness (QED) is 0.383. The van der Waals surface area contributed by atoms with Crippen molar-refractivity contribution in [2.45, 2.75) is 60.3 Å². The molecule has 0 bridgehead atoms. The van der Waals surface area contributed by atoms with Crippen LogP contribution in [0.4, 0.5) is 0 Å². The fraction of sp³-hybridized carbons (Fsp3) is 0.625. The molecule has 0 rings (SSSR count). The van der Waals surface area contributed by atoms with Gasteiger partial charge in [-0.05, 0) is 51.0 Å². The Bertz CT molecular complexity index is 266. The Morgan fingerprint density at radius 3 is 2.25 bits per heavy atom. The van der Waals surface area contributed by atoms with Crippen molar-refractivity contribution in [2.24, 2.45) is 5.92 Å². The Kier molecular flexibility index (Phi) is 7.97. The summed E-state index contributed by atoms with van der Waals surface area (Å²) in [6.45, 7) is 15.1. The van der Waals surface area contributed by atoms with E-state index in [0.717, 1.165) is 19.3 Å². The van der Waals surface area contributed by atoms with Gasteiger partial charge in [-0.1, -0.05) is 44.1 Å². The third-order valence-corrected chi connectivity index (χ3v) is 3.44. The predicted molar refractivity (Wildman–Crippen MR) is 75.6 cm³/mol. The molecule has 0 amide bonds. The van der Waals surface area contributed by atoms with Gasteiger partial charge in [-0.25, -0.2) is 0 Å². The zero-order chi connectivity index (χ0) is 12.6. The summed E-state index contributed by atoms with van der Waals surface area (Å²) in [5, 5.41) is 0. The van der Waals surface area contributed by atoms with E-state index in [4.69, 9.17) is 0 Å². The van der Waals surface area contributed by atoms with Gasteiger partial charge in [-0.15, -0.1) is 6.58 Å². The first kappa shape index (κ1) is 15.2. The van der Waals surface area contributed by atoms with Gasteiger partial charge in [0.1, 0.15) is 0 Å². The SMILES string of the molecule is C=CCCC(C)C(C)=CC(CC)=C(C)CC. The van der Waals surface area contributed by atoms with E-state index in [1.165, 1.54) is 23.1 Å². The van der Waals surface area contributed by atoms with Gasteiger partial charge < -0.3 is 0 Å². The molecule has 0 radical (unpaired) electrons. The zero-order valence-electron chi connectivity index (χ0n) is 11.8. The second kappa shape index (κ2) is 8.38. The lowest BCUT2D eigenvalue weighted by molar-refractivity contribution is 0.621. The molecule has 0 aliphatic carbocycles. The normalized spacial score (nSPS) is 15.7. The average molecular weight is 220 g/mol. The molecule has 0 aromatic rings. The molecule has 0 N–H and O–H groups in total. The van der Waals surface area contributed by atoms with Crippen LogP contribution >= 0.6 is 0 Å². The van der Waals surface area contributed by atoms with E-state index in [1.807, 2.05) is 6.08 Å². The highest BCUT2D eigenvalue weighted by atomic mass is 14.1. The molecule has 0 heteroatoms. The molecular weight excluding hydrogens is 192 g/mol. The number of allylic oxidation sites excluding steroid dienone is 5. The van der Waals surface area contributed by atoms with E-state index in [2.05, 4.69) is 47.3 Å². The molecule has 0 aliphatic heterocycles. The summed E-state index contributed by atoms with van der Waals surface area (Å²) in [6.07, 6.45) is 9.04. The largest absolute Gasteiger partial charge is 0.103 e. The highest BCUT2D eigenvalue weighted by molar-refractivity contribution is 5.28. The van der Waals surface area contributed by atoms with Crippen molar-refractivity contribution in [3.63, 3.8) is 0 Å². The minimum absolute atomic E-state index is 0.671. The van der Waals surface area contributed by atoms with Gasteiger partial charge >= 0.3 is 0 Å². The van der Waals surface area contributed by atoms with E-state index in [1.54, 1.807) is 0 Å². The maximum absolute atomic E-state index is 3.78. The van der Waals surface area contributed by atoms with Crippen LogP contribution in [0.25, 0.3) is 0 Å². The molecule has 0 spiro atoms. The van der Waals surface area contributed by atoms with Crippen LogP contribution in [0, 0.1) is 5.92 Å². The summed E-state index contributed by atoms with van der Waals surface area (Å²) in [7, 11) is 0. The first-order chi connectivity index (χ1) is 7.56. The van der Waals surface area contributed by atoms with Gasteiger partial charge in [0, 0.05) is 0 Å². The van der Waals surface area contributed by atoms with Gasteiger partial charge in [-0.3, -0.25) is 0 Å². The minimum atomic E-state index is 0.671. The van der Waals surface area contributed by atoms with Gasteiger partial charge in [0.15, 0.2) is 0 Å². The molecule has 1 atom stereocenters. The van der Waals surface area contributed by atoms with Crippen LogP contribution in [0.2, 0.25) is 0 Å². The van der Waals surface area contributed by atoms with Gasteiger partial charge in [0.2, 0.25) is 0 Å². The maximum Gasteiger partial charge on any atom is -0.0228 e. The summed E-state index contributed by atoms with van der Waals surface area (Å²) in [5.74, 6) is 0.671. The fourth-order valence-electron chi connectivity index (χ4n) is 1.77. The second-order valence-corrected chi connectivity index (χ2v) is 4.67. The molecule has 1 unspecified atom stereocenters. The summed E-state index contributed by atoms with van der Waals surface area (Å²) in [5.41, 5.74) is 4.55. The fourth-order valence-corrected chi connectivity index (χ4v) is 1.77. The average Bonchev–Trinajstić information content (AvgIpc) is 2.31. The molecule has 0 aromatic heterocycles.